The molecule has 1 N–H and O–H groups in total. The molecule has 0 spiro atoms. The lowest BCUT2D eigenvalue weighted by Gasteiger charge is -2.37. The summed E-state index contributed by atoms with van der Waals surface area (Å²) in [5.74, 6) is 0.847. The molecule has 6 heteroatoms. The van der Waals surface area contributed by atoms with Gasteiger partial charge in [0.1, 0.15) is 5.75 Å². The van der Waals surface area contributed by atoms with Crippen LogP contribution in [0.2, 0.25) is 0 Å². The number of carbonyl (C=O) groups is 1. The van der Waals surface area contributed by atoms with Crippen LogP contribution in [0, 0.1) is 0 Å². The van der Waals surface area contributed by atoms with Crippen molar-refractivity contribution in [3.05, 3.63) is 84.2 Å². The van der Waals surface area contributed by atoms with E-state index in [0.29, 0.717) is 12.8 Å². The molecule has 0 radical (unpaired) electrons. The van der Waals surface area contributed by atoms with Gasteiger partial charge >= 0.3 is 0 Å². The SMILES string of the molecule is COc1cccc(CCC(=O)Nc2ccccc2N2CCN(CCc3ccncc3)CC2)c1. The average Bonchev–Trinajstić information content (AvgIpc) is 2.88. The summed E-state index contributed by atoms with van der Waals surface area (Å²) in [4.78, 5) is 21.6. The van der Waals surface area contributed by atoms with Gasteiger partial charge in [0.05, 0.1) is 18.5 Å². The number of pyridine rings is 1. The van der Waals surface area contributed by atoms with E-state index in [1.54, 1.807) is 7.11 Å². The van der Waals surface area contributed by atoms with Crippen LogP contribution in [0.5, 0.6) is 5.75 Å². The van der Waals surface area contributed by atoms with E-state index < -0.39 is 0 Å². The first-order chi connectivity index (χ1) is 16.2. The van der Waals surface area contributed by atoms with Crippen LogP contribution in [-0.2, 0) is 17.6 Å². The largest absolute Gasteiger partial charge is 0.497 e. The first-order valence-corrected chi connectivity index (χ1v) is 11.6. The van der Waals surface area contributed by atoms with Gasteiger partial charge in [-0.25, -0.2) is 0 Å². The van der Waals surface area contributed by atoms with Gasteiger partial charge < -0.3 is 15.0 Å². The zero-order chi connectivity index (χ0) is 22.9. The van der Waals surface area contributed by atoms with Crippen molar-refractivity contribution in [2.45, 2.75) is 19.3 Å². The summed E-state index contributed by atoms with van der Waals surface area (Å²) in [5, 5.41) is 3.13. The molecule has 4 rings (SSSR count). The molecule has 1 saturated heterocycles. The summed E-state index contributed by atoms with van der Waals surface area (Å²) >= 11 is 0. The Bertz CT molecular complexity index is 1030. The summed E-state index contributed by atoms with van der Waals surface area (Å²) < 4.78 is 5.27. The zero-order valence-electron chi connectivity index (χ0n) is 19.2. The predicted octanol–water partition coefficient (Wildman–Crippen LogP) is 4.03. The molecule has 1 aliphatic heterocycles. The van der Waals surface area contributed by atoms with Crippen LogP contribution in [0.15, 0.2) is 73.1 Å². The van der Waals surface area contributed by atoms with Gasteiger partial charge in [-0.3, -0.25) is 14.7 Å². The number of methoxy groups -OCH3 is 1. The molecule has 2 aromatic carbocycles. The van der Waals surface area contributed by atoms with Crippen molar-refractivity contribution < 1.29 is 9.53 Å². The third-order valence-corrected chi connectivity index (χ3v) is 6.13. The van der Waals surface area contributed by atoms with Crippen LogP contribution < -0.4 is 15.0 Å². The minimum absolute atomic E-state index is 0.0289. The molecule has 0 unspecified atom stereocenters. The molecule has 1 aromatic heterocycles. The monoisotopic (exact) mass is 444 g/mol. The van der Waals surface area contributed by atoms with E-state index in [0.717, 1.165) is 61.8 Å². The van der Waals surface area contributed by atoms with Gasteiger partial charge in [-0.15, -0.1) is 0 Å². The molecule has 0 aliphatic carbocycles. The number of amides is 1. The third-order valence-electron chi connectivity index (χ3n) is 6.13. The third kappa shape index (κ3) is 6.56. The number of nitrogens with one attached hydrogen (secondary N) is 1. The Morgan fingerprint density at radius 2 is 1.73 bits per heavy atom. The van der Waals surface area contributed by atoms with E-state index in [9.17, 15) is 4.79 Å². The fourth-order valence-electron chi connectivity index (χ4n) is 4.20. The molecule has 0 atom stereocenters. The van der Waals surface area contributed by atoms with Crippen LogP contribution in [0.1, 0.15) is 17.5 Å². The molecular weight excluding hydrogens is 412 g/mol. The molecule has 172 valence electrons. The highest BCUT2D eigenvalue weighted by Gasteiger charge is 2.19. The number of piperazine rings is 1. The van der Waals surface area contributed by atoms with Crippen molar-refractivity contribution in [1.29, 1.82) is 0 Å². The minimum atomic E-state index is 0.0289. The number of aryl methyl sites for hydroxylation is 1. The summed E-state index contributed by atoms with van der Waals surface area (Å²) in [6.07, 6.45) is 5.87. The van der Waals surface area contributed by atoms with Crippen LogP contribution >= 0.6 is 0 Å². The molecular formula is C27H32N4O2. The lowest BCUT2D eigenvalue weighted by molar-refractivity contribution is -0.116. The van der Waals surface area contributed by atoms with Crippen LogP contribution in [0.3, 0.4) is 0 Å². The zero-order valence-corrected chi connectivity index (χ0v) is 19.2. The fourth-order valence-corrected chi connectivity index (χ4v) is 4.20. The van der Waals surface area contributed by atoms with Crippen molar-refractivity contribution in [3.63, 3.8) is 0 Å². The second-order valence-electron chi connectivity index (χ2n) is 8.35. The smallest absolute Gasteiger partial charge is 0.224 e. The molecule has 1 aliphatic rings. The molecule has 0 saturated carbocycles. The number of rotatable bonds is 9. The highest BCUT2D eigenvalue weighted by molar-refractivity contribution is 5.94. The Balaban J connectivity index is 1.28. The van der Waals surface area contributed by atoms with Crippen molar-refractivity contribution in [3.8, 4) is 5.75 Å². The number of ether oxygens (including phenoxy) is 1. The summed E-state index contributed by atoms with van der Waals surface area (Å²) in [5.41, 5.74) is 4.41. The minimum Gasteiger partial charge on any atom is -0.497 e. The Labute approximate surface area is 196 Å². The highest BCUT2D eigenvalue weighted by Crippen LogP contribution is 2.27. The highest BCUT2D eigenvalue weighted by atomic mass is 16.5. The lowest BCUT2D eigenvalue weighted by atomic mass is 10.1. The Kier molecular flexibility index (Phi) is 7.93. The predicted molar refractivity (Wildman–Crippen MR) is 133 cm³/mol. The summed E-state index contributed by atoms with van der Waals surface area (Å²) in [6.45, 7) is 4.99. The number of benzene rings is 2. The average molecular weight is 445 g/mol. The van der Waals surface area contributed by atoms with Crippen LogP contribution in [0.4, 0.5) is 11.4 Å². The fraction of sp³-hybridized carbons (Fsp3) is 0.333. The number of para-hydroxylation sites is 2. The van der Waals surface area contributed by atoms with Gasteiger partial charge in [0, 0.05) is 51.5 Å². The van der Waals surface area contributed by atoms with E-state index >= 15 is 0 Å². The van der Waals surface area contributed by atoms with Crippen molar-refractivity contribution in [2.24, 2.45) is 0 Å². The molecule has 2 heterocycles. The standard InChI is InChI=1S/C27H32N4O2/c1-33-24-6-4-5-23(21-24)9-10-27(32)29-25-7-2-3-8-26(25)31-19-17-30(18-20-31)16-13-22-11-14-28-15-12-22/h2-8,11-12,14-15,21H,9-10,13,16-20H2,1H3,(H,29,32). The van der Waals surface area contributed by atoms with E-state index in [-0.39, 0.29) is 5.91 Å². The van der Waals surface area contributed by atoms with Crippen molar-refractivity contribution in [1.82, 2.24) is 9.88 Å². The van der Waals surface area contributed by atoms with Crippen molar-refractivity contribution >= 4 is 17.3 Å². The summed E-state index contributed by atoms with van der Waals surface area (Å²) in [7, 11) is 1.66. The normalized spacial score (nSPS) is 14.2. The number of nitrogens with zero attached hydrogens (tertiary/aromatic N) is 3. The van der Waals surface area contributed by atoms with Gasteiger partial charge in [0.25, 0.3) is 0 Å². The van der Waals surface area contributed by atoms with Crippen molar-refractivity contribution in [2.75, 3.05) is 50.1 Å². The number of aromatic nitrogens is 1. The maximum absolute atomic E-state index is 12.7. The quantitative estimate of drug-likeness (QED) is 0.540. The molecule has 1 amide bonds. The molecule has 3 aromatic rings. The maximum Gasteiger partial charge on any atom is 0.224 e. The second kappa shape index (κ2) is 11.5. The maximum atomic E-state index is 12.7. The van der Waals surface area contributed by atoms with Gasteiger partial charge in [-0.1, -0.05) is 24.3 Å². The van der Waals surface area contributed by atoms with Gasteiger partial charge in [-0.05, 0) is 60.4 Å². The second-order valence-corrected chi connectivity index (χ2v) is 8.35. The first kappa shape index (κ1) is 22.8. The molecule has 6 nitrogen and oxygen atoms in total. The molecule has 0 bridgehead atoms. The van der Waals surface area contributed by atoms with E-state index in [2.05, 4.69) is 38.3 Å². The number of hydrogen-bond acceptors (Lipinski definition) is 5. The van der Waals surface area contributed by atoms with Crippen LogP contribution in [-0.4, -0.2) is 55.6 Å². The number of carbonyl (C=O) groups excluding carboxylic acids is 1. The van der Waals surface area contributed by atoms with E-state index in [1.165, 1.54) is 5.56 Å². The van der Waals surface area contributed by atoms with Gasteiger partial charge in [0.15, 0.2) is 0 Å². The van der Waals surface area contributed by atoms with Gasteiger partial charge in [0.2, 0.25) is 5.91 Å². The topological polar surface area (TPSA) is 57.7 Å². The molecule has 1 fully saturated rings. The van der Waals surface area contributed by atoms with Crippen LogP contribution in [0.25, 0.3) is 0 Å². The Morgan fingerprint density at radius 3 is 2.52 bits per heavy atom. The first-order valence-electron chi connectivity index (χ1n) is 11.6. The van der Waals surface area contributed by atoms with E-state index in [4.69, 9.17) is 4.74 Å². The Morgan fingerprint density at radius 1 is 0.939 bits per heavy atom. The number of anilines is 2. The summed E-state index contributed by atoms with van der Waals surface area (Å²) in [6, 6.07) is 20.2. The molecule has 33 heavy (non-hydrogen) atoms. The Hall–Kier alpha value is -3.38. The lowest BCUT2D eigenvalue weighted by Crippen LogP contribution is -2.47. The van der Waals surface area contributed by atoms with E-state index in [1.807, 2.05) is 54.9 Å². The number of hydrogen-bond donors (Lipinski definition) is 1. The van der Waals surface area contributed by atoms with Gasteiger partial charge in [-0.2, -0.15) is 0 Å².